The Morgan fingerprint density at radius 2 is 1.68 bits per heavy atom. The second-order valence-corrected chi connectivity index (χ2v) is 4.88. The molecular weight excluding hydrogens is 252 g/mol. The molecule has 0 aromatic heterocycles. The summed E-state index contributed by atoms with van der Waals surface area (Å²) in [5.41, 5.74) is 0.940. The Bertz CT molecular complexity index is 481. The number of carbonyl (C=O) groups excluding carboxylic acids is 2. The van der Waals surface area contributed by atoms with Crippen LogP contribution in [0.15, 0.2) is 24.3 Å². The van der Waals surface area contributed by atoms with Crippen LogP contribution >= 0.6 is 0 Å². The van der Waals surface area contributed by atoms with E-state index in [0.717, 1.165) is 0 Å². The summed E-state index contributed by atoms with van der Waals surface area (Å²) in [6.07, 6.45) is 1.51. The molecule has 2 aliphatic rings. The van der Waals surface area contributed by atoms with Gasteiger partial charge < -0.3 is 0 Å². The van der Waals surface area contributed by atoms with Gasteiger partial charge in [0.1, 0.15) is 0 Å². The number of hydrogen-bond donors (Lipinski definition) is 1. The van der Waals surface area contributed by atoms with Gasteiger partial charge in [-0.1, -0.05) is 19.1 Å². The third kappa shape index (κ3) is 2.80. The van der Waals surface area contributed by atoms with Crippen LogP contribution in [-0.2, 0) is 0 Å². The Hall–Kier alpha value is -1.78. The first kappa shape index (κ1) is 13.6. The van der Waals surface area contributed by atoms with Crippen molar-refractivity contribution in [2.45, 2.75) is 32.1 Å². The molecule has 0 saturated heterocycles. The Labute approximate surface area is 110 Å². The number of rotatable bonds is 0. The van der Waals surface area contributed by atoms with Crippen molar-refractivity contribution in [3.63, 3.8) is 0 Å². The number of carbonyl (C=O) groups is 2. The molecule has 1 aliphatic carbocycles. The zero-order chi connectivity index (χ0) is 14.0. The van der Waals surface area contributed by atoms with Crippen molar-refractivity contribution in [3.05, 3.63) is 35.4 Å². The molecule has 0 radical (unpaired) electrons. The average Bonchev–Trinajstić information content (AvgIpc) is 2.82. The topological polar surface area (TPSA) is 46.2 Å². The largest absolute Gasteiger partial charge is 0.288 e. The molecule has 0 spiro atoms. The summed E-state index contributed by atoms with van der Waals surface area (Å²) < 4.78 is 24.7. The van der Waals surface area contributed by atoms with Gasteiger partial charge >= 0.3 is 0 Å². The number of halogens is 2. The minimum atomic E-state index is -2.35. The van der Waals surface area contributed by atoms with Gasteiger partial charge in [0, 0.05) is 12.3 Å². The maximum absolute atomic E-state index is 12.3. The number of imide groups is 1. The van der Waals surface area contributed by atoms with Crippen molar-refractivity contribution in [1.82, 2.24) is 5.32 Å². The first-order valence-electron chi connectivity index (χ1n) is 6.24. The average molecular weight is 267 g/mol. The molecule has 1 aromatic rings. The predicted molar refractivity (Wildman–Crippen MR) is 66.2 cm³/mol. The number of amides is 2. The zero-order valence-electron chi connectivity index (χ0n) is 10.6. The molecule has 1 aromatic carbocycles. The third-order valence-corrected chi connectivity index (χ3v) is 3.51. The van der Waals surface area contributed by atoms with Gasteiger partial charge in [0.05, 0.1) is 11.1 Å². The fraction of sp³-hybridized carbons (Fsp3) is 0.429. The van der Waals surface area contributed by atoms with Gasteiger partial charge in [0.25, 0.3) is 17.7 Å². The molecule has 1 heterocycles. The molecule has 1 N–H and O–H groups in total. The fourth-order valence-corrected chi connectivity index (χ4v) is 2.22. The van der Waals surface area contributed by atoms with E-state index in [4.69, 9.17) is 0 Å². The number of hydrogen-bond acceptors (Lipinski definition) is 2. The molecule has 2 amide bonds. The van der Waals surface area contributed by atoms with Crippen molar-refractivity contribution >= 4 is 11.8 Å². The standard InChI is InChI=1S/C8H5NO2.C6H10F2/c10-7-5-3-1-2-4-6(5)8(11)9-7;1-5-3-2-4-6(5,7)8/h1-4H,(H,9,10,11);5H,2-4H2,1H3. The van der Waals surface area contributed by atoms with Gasteiger partial charge in [-0.05, 0) is 25.0 Å². The van der Waals surface area contributed by atoms with E-state index in [-0.39, 0.29) is 24.2 Å². The lowest BCUT2D eigenvalue weighted by molar-refractivity contribution is -0.0299. The molecule has 0 bridgehead atoms. The van der Waals surface area contributed by atoms with Gasteiger partial charge in [0.15, 0.2) is 0 Å². The van der Waals surface area contributed by atoms with Crippen LogP contribution < -0.4 is 5.32 Å². The van der Waals surface area contributed by atoms with Crippen molar-refractivity contribution in [1.29, 1.82) is 0 Å². The zero-order valence-corrected chi connectivity index (χ0v) is 10.6. The van der Waals surface area contributed by atoms with Crippen molar-refractivity contribution in [3.8, 4) is 0 Å². The van der Waals surface area contributed by atoms with Gasteiger partial charge in [0.2, 0.25) is 0 Å². The van der Waals surface area contributed by atoms with E-state index in [2.05, 4.69) is 5.32 Å². The highest BCUT2D eigenvalue weighted by Gasteiger charge is 2.40. The van der Waals surface area contributed by atoms with Gasteiger partial charge in [-0.15, -0.1) is 0 Å². The van der Waals surface area contributed by atoms with E-state index in [1.807, 2.05) is 0 Å². The highest BCUT2D eigenvalue weighted by atomic mass is 19.3. The summed E-state index contributed by atoms with van der Waals surface area (Å²) in [5.74, 6) is -3.32. The van der Waals surface area contributed by atoms with Crippen LogP contribution in [-0.4, -0.2) is 17.7 Å². The summed E-state index contributed by atoms with van der Waals surface area (Å²) >= 11 is 0. The summed E-state index contributed by atoms with van der Waals surface area (Å²) in [7, 11) is 0. The van der Waals surface area contributed by atoms with E-state index in [1.54, 1.807) is 31.2 Å². The molecule has 1 atom stereocenters. The van der Waals surface area contributed by atoms with E-state index in [9.17, 15) is 18.4 Å². The lowest BCUT2D eigenvalue weighted by Crippen LogP contribution is -2.19. The molecule has 102 valence electrons. The monoisotopic (exact) mass is 267 g/mol. The van der Waals surface area contributed by atoms with Crippen LogP contribution in [0.5, 0.6) is 0 Å². The van der Waals surface area contributed by atoms with Crippen LogP contribution in [0, 0.1) is 5.92 Å². The second kappa shape index (κ2) is 5.07. The quantitative estimate of drug-likeness (QED) is 0.734. The van der Waals surface area contributed by atoms with Crippen LogP contribution in [0.4, 0.5) is 8.78 Å². The lowest BCUT2D eigenvalue weighted by Gasteiger charge is -2.12. The third-order valence-electron chi connectivity index (χ3n) is 3.51. The lowest BCUT2D eigenvalue weighted by atomic mass is 10.1. The van der Waals surface area contributed by atoms with Crippen LogP contribution in [0.25, 0.3) is 0 Å². The van der Waals surface area contributed by atoms with Crippen molar-refractivity contribution < 1.29 is 18.4 Å². The van der Waals surface area contributed by atoms with Crippen LogP contribution in [0.2, 0.25) is 0 Å². The molecule has 3 rings (SSSR count). The van der Waals surface area contributed by atoms with Gasteiger partial charge in [-0.25, -0.2) is 8.78 Å². The minimum absolute atomic E-state index is 0.105. The molecule has 1 fully saturated rings. The number of fused-ring (bicyclic) bond motifs is 1. The SMILES string of the molecule is CC1CCCC1(F)F.O=C1NC(=O)c2ccccc21. The van der Waals surface area contributed by atoms with E-state index >= 15 is 0 Å². The van der Waals surface area contributed by atoms with Crippen molar-refractivity contribution in [2.24, 2.45) is 5.92 Å². The van der Waals surface area contributed by atoms with E-state index in [1.165, 1.54) is 0 Å². The summed E-state index contributed by atoms with van der Waals surface area (Å²) in [6.45, 7) is 1.62. The second-order valence-electron chi connectivity index (χ2n) is 4.88. The summed E-state index contributed by atoms with van der Waals surface area (Å²) in [6, 6.07) is 6.74. The molecular formula is C14H15F2NO2. The first-order chi connectivity index (χ1) is 8.92. The Balaban J connectivity index is 0.000000148. The van der Waals surface area contributed by atoms with Crippen LogP contribution in [0.1, 0.15) is 46.9 Å². The normalized spacial score (nSPS) is 23.4. The number of benzene rings is 1. The molecule has 1 unspecified atom stereocenters. The van der Waals surface area contributed by atoms with Crippen LogP contribution in [0.3, 0.4) is 0 Å². The van der Waals surface area contributed by atoms with Gasteiger partial charge in [-0.3, -0.25) is 14.9 Å². The summed E-state index contributed by atoms with van der Waals surface area (Å²) in [5, 5.41) is 2.20. The number of alkyl halides is 2. The maximum atomic E-state index is 12.3. The Morgan fingerprint density at radius 1 is 1.16 bits per heavy atom. The molecule has 1 aliphatic heterocycles. The van der Waals surface area contributed by atoms with Crippen molar-refractivity contribution in [2.75, 3.05) is 0 Å². The fourth-order valence-electron chi connectivity index (χ4n) is 2.22. The summed E-state index contributed by atoms with van der Waals surface area (Å²) in [4.78, 5) is 21.9. The smallest absolute Gasteiger partial charge is 0.258 e. The first-order valence-corrected chi connectivity index (χ1v) is 6.24. The molecule has 3 nitrogen and oxygen atoms in total. The molecule has 19 heavy (non-hydrogen) atoms. The Morgan fingerprint density at radius 3 is 2.00 bits per heavy atom. The highest BCUT2D eigenvalue weighted by molar-refractivity contribution is 6.21. The Kier molecular flexibility index (Phi) is 3.64. The predicted octanol–water partition coefficient (Wildman–Crippen LogP) is 3.01. The maximum Gasteiger partial charge on any atom is 0.258 e. The van der Waals surface area contributed by atoms with E-state index in [0.29, 0.717) is 24.0 Å². The highest BCUT2D eigenvalue weighted by Crippen LogP contribution is 2.39. The molecule has 5 heteroatoms. The molecule has 1 saturated carbocycles. The number of nitrogens with one attached hydrogen (secondary N) is 1. The van der Waals surface area contributed by atoms with Gasteiger partial charge in [-0.2, -0.15) is 0 Å². The minimum Gasteiger partial charge on any atom is -0.288 e. The van der Waals surface area contributed by atoms with E-state index < -0.39 is 5.92 Å².